The summed E-state index contributed by atoms with van der Waals surface area (Å²) in [4.78, 5) is 11.9. The van der Waals surface area contributed by atoms with Gasteiger partial charge in [-0.2, -0.15) is 0 Å². The van der Waals surface area contributed by atoms with E-state index in [-0.39, 0.29) is 18.0 Å². The largest absolute Gasteiger partial charge is 0.462 e. The summed E-state index contributed by atoms with van der Waals surface area (Å²) < 4.78 is 5.40. The van der Waals surface area contributed by atoms with Crippen LogP contribution in [0.4, 0.5) is 0 Å². The molecule has 0 spiro atoms. The first-order valence-corrected chi connectivity index (χ1v) is 6.51. The second-order valence-corrected chi connectivity index (χ2v) is 4.95. The Morgan fingerprint density at radius 3 is 3.24 bits per heavy atom. The van der Waals surface area contributed by atoms with Crippen molar-refractivity contribution in [3.63, 3.8) is 0 Å². The Balaban J connectivity index is 1.90. The van der Waals surface area contributed by atoms with Gasteiger partial charge in [0.2, 0.25) is 0 Å². The average molecular weight is 235 g/mol. The Morgan fingerprint density at radius 2 is 2.47 bits per heavy atom. The maximum atomic E-state index is 11.9. The number of nitrogens with one attached hydrogen (secondary N) is 1. The molecular weight excluding hydrogens is 214 g/mol. The van der Waals surface area contributed by atoms with E-state index in [4.69, 9.17) is 4.74 Å². The maximum absolute atomic E-state index is 11.9. The average Bonchev–Trinajstić information content (AvgIpc) is 2.38. The van der Waals surface area contributed by atoms with E-state index in [0.717, 1.165) is 19.3 Å². The fraction of sp³-hybridized carbons (Fsp3) is 0.643. The molecule has 1 N–H and O–H groups in total. The molecule has 0 amide bonds. The minimum absolute atomic E-state index is 0.0117. The Labute approximate surface area is 103 Å². The van der Waals surface area contributed by atoms with Gasteiger partial charge in [0.15, 0.2) is 0 Å². The summed E-state index contributed by atoms with van der Waals surface area (Å²) >= 11 is 0. The molecule has 1 aliphatic heterocycles. The molecule has 3 nitrogen and oxygen atoms in total. The second kappa shape index (κ2) is 5.39. The third kappa shape index (κ3) is 2.90. The first-order chi connectivity index (χ1) is 8.20. The molecule has 0 bridgehead atoms. The summed E-state index contributed by atoms with van der Waals surface area (Å²) in [5, 5.41) is 3.35. The van der Waals surface area contributed by atoms with Crippen molar-refractivity contribution in [1.29, 1.82) is 0 Å². The van der Waals surface area contributed by atoms with Crippen molar-refractivity contribution >= 4 is 5.97 Å². The molecule has 0 aromatic carbocycles. The summed E-state index contributed by atoms with van der Waals surface area (Å²) in [5.74, 6) is 0.446. The zero-order valence-electron chi connectivity index (χ0n) is 10.6. The number of esters is 1. The first kappa shape index (κ1) is 12.2. The third-order valence-corrected chi connectivity index (χ3v) is 3.62. The Hall–Kier alpha value is -1.25. The normalized spacial score (nSPS) is 28.7. The molecule has 1 saturated heterocycles. The summed E-state index contributed by atoms with van der Waals surface area (Å²) in [6.07, 6.45) is 9.22. The molecule has 3 heteroatoms. The summed E-state index contributed by atoms with van der Waals surface area (Å²) in [5.41, 5.74) is 1.28. The van der Waals surface area contributed by atoms with Crippen molar-refractivity contribution in [2.75, 3.05) is 6.54 Å². The number of fused-ring (bicyclic) bond motifs is 1. The zero-order valence-corrected chi connectivity index (χ0v) is 10.6. The van der Waals surface area contributed by atoms with Crippen LogP contribution in [0.3, 0.4) is 0 Å². The molecule has 17 heavy (non-hydrogen) atoms. The smallest absolute Gasteiger partial charge is 0.311 e. The van der Waals surface area contributed by atoms with Crippen molar-refractivity contribution in [2.24, 2.45) is 11.8 Å². The highest BCUT2D eigenvalue weighted by molar-refractivity contribution is 5.73. The Morgan fingerprint density at radius 1 is 1.65 bits per heavy atom. The predicted octanol–water partition coefficient (Wildman–Crippen LogP) is 2.40. The number of piperidine rings is 1. The van der Waals surface area contributed by atoms with Crippen molar-refractivity contribution in [3.05, 3.63) is 23.9 Å². The standard InChI is InChI=1S/C14H21NO2/c1-3-10(2)17-14(16)12-8-11-6-4-5-7-13(11)15-9-12/h4-5,7,10-12,15H,3,6,8-9H2,1-2H3. The molecule has 0 aromatic rings. The van der Waals surface area contributed by atoms with Crippen LogP contribution in [-0.2, 0) is 9.53 Å². The number of carbonyl (C=O) groups is 1. The van der Waals surface area contributed by atoms with Gasteiger partial charge in [0, 0.05) is 18.2 Å². The summed E-state index contributed by atoms with van der Waals surface area (Å²) in [6.45, 7) is 4.69. The number of carbonyl (C=O) groups excluding carboxylic acids is 1. The number of hydrogen-bond donors (Lipinski definition) is 1. The van der Waals surface area contributed by atoms with Gasteiger partial charge in [0.05, 0.1) is 12.0 Å². The molecule has 3 atom stereocenters. The van der Waals surface area contributed by atoms with Gasteiger partial charge in [0.1, 0.15) is 0 Å². The maximum Gasteiger partial charge on any atom is 0.311 e. The van der Waals surface area contributed by atoms with Gasteiger partial charge < -0.3 is 10.1 Å². The molecule has 1 heterocycles. The lowest BCUT2D eigenvalue weighted by molar-refractivity contribution is -0.154. The van der Waals surface area contributed by atoms with Crippen LogP contribution in [0.25, 0.3) is 0 Å². The zero-order chi connectivity index (χ0) is 12.3. The molecule has 2 aliphatic rings. The molecule has 94 valence electrons. The quantitative estimate of drug-likeness (QED) is 0.763. The number of allylic oxidation sites excluding steroid dienone is 4. The van der Waals surface area contributed by atoms with Gasteiger partial charge in [-0.3, -0.25) is 4.79 Å². The monoisotopic (exact) mass is 235 g/mol. The minimum atomic E-state index is -0.0412. The SMILES string of the molecule is CCC(C)OC(=O)C1CNC2=CC=CCC2C1. The molecule has 0 saturated carbocycles. The number of ether oxygens (including phenoxy) is 1. The number of rotatable bonds is 3. The first-order valence-electron chi connectivity index (χ1n) is 6.51. The van der Waals surface area contributed by atoms with Crippen LogP contribution >= 0.6 is 0 Å². The lowest BCUT2D eigenvalue weighted by atomic mass is 9.83. The molecule has 1 fully saturated rings. The van der Waals surface area contributed by atoms with Gasteiger partial charge in [-0.1, -0.05) is 19.1 Å². The summed E-state index contributed by atoms with van der Waals surface area (Å²) in [7, 11) is 0. The fourth-order valence-electron chi connectivity index (χ4n) is 2.33. The van der Waals surface area contributed by atoms with Crippen LogP contribution in [0.15, 0.2) is 23.9 Å². The van der Waals surface area contributed by atoms with E-state index in [1.807, 2.05) is 13.8 Å². The van der Waals surface area contributed by atoms with E-state index in [2.05, 4.69) is 23.5 Å². The lowest BCUT2D eigenvalue weighted by Crippen LogP contribution is -2.40. The van der Waals surface area contributed by atoms with Gasteiger partial charge in [0.25, 0.3) is 0 Å². The van der Waals surface area contributed by atoms with E-state index in [1.165, 1.54) is 5.70 Å². The highest BCUT2D eigenvalue weighted by Gasteiger charge is 2.31. The van der Waals surface area contributed by atoms with Crippen molar-refractivity contribution in [2.45, 2.75) is 39.2 Å². The molecule has 3 unspecified atom stereocenters. The van der Waals surface area contributed by atoms with Gasteiger partial charge in [-0.25, -0.2) is 0 Å². The fourth-order valence-corrected chi connectivity index (χ4v) is 2.33. The van der Waals surface area contributed by atoms with Gasteiger partial charge in [-0.15, -0.1) is 0 Å². The molecule has 0 aromatic heterocycles. The Kier molecular flexibility index (Phi) is 3.87. The van der Waals surface area contributed by atoms with Crippen LogP contribution in [0.5, 0.6) is 0 Å². The van der Waals surface area contributed by atoms with Crippen LogP contribution in [0.2, 0.25) is 0 Å². The highest BCUT2D eigenvalue weighted by atomic mass is 16.5. The van der Waals surface area contributed by atoms with Gasteiger partial charge >= 0.3 is 5.97 Å². The third-order valence-electron chi connectivity index (χ3n) is 3.62. The van der Waals surface area contributed by atoms with Crippen molar-refractivity contribution in [1.82, 2.24) is 5.32 Å². The van der Waals surface area contributed by atoms with Crippen LogP contribution in [0.1, 0.15) is 33.1 Å². The predicted molar refractivity (Wildman–Crippen MR) is 67.3 cm³/mol. The van der Waals surface area contributed by atoms with E-state index < -0.39 is 0 Å². The summed E-state index contributed by atoms with van der Waals surface area (Å²) in [6, 6.07) is 0. The van der Waals surface area contributed by atoms with Gasteiger partial charge in [-0.05, 0) is 32.3 Å². The lowest BCUT2D eigenvalue weighted by Gasteiger charge is -2.33. The molecule has 0 radical (unpaired) electrons. The topological polar surface area (TPSA) is 38.3 Å². The van der Waals surface area contributed by atoms with Crippen LogP contribution in [0, 0.1) is 11.8 Å². The van der Waals surface area contributed by atoms with E-state index in [0.29, 0.717) is 12.5 Å². The van der Waals surface area contributed by atoms with E-state index in [1.54, 1.807) is 0 Å². The second-order valence-electron chi connectivity index (χ2n) is 4.95. The van der Waals surface area contributed by atoms with Crippen LogP contribution < -0.4 is 5.32 Å². The minimum Gasteiger partial charge on any atom is -0.462 e. The molecule has 2 rings (SSSR count). The van der Waals surface area contributed by atoms with Crippen molar-refractivity contribution in [3.8, 4) is 0 Å². The molecule has 1 aliphatic carbocycles. The number of hydrogen-bond acceptors (Lipinski definition) is 3. The van der Waals surface area contributed by atoms with E-state index >= 15 is 0 Å². The van der Waals surface area contributed by atoms with Crippen molar-refractivity contribution < 1.29 is 9.53 Å². The van der Waals surface area contributed by atoms with Crippen LogP contribution in [-0.4, -0.2) is 18.6 Å². The van der Waals surface area contributed by atoms with E-state index in [9.17, 15) is 4.79 Å². The Bertz CT molecular complexity index is 346. The highest BCUT2D eigenvalue weighted by Crippen LogP contribution is 2.30. The molecular formula is C14H21NO2.